The summed E-state index contributed by atoms with van der Waals surface area (Å²) in [7, 11) is 0. The van der Waals surface area contributed by atoms with Gasteiger partial charge in [0, 0.05) is 0 Å². The van der Waals surface area contributed by atoms with Crippen LogP contribution in [-0.4, -0.2) is 47.8 Å². The fourth-order valence-electron chi connectivity index (χ4n) is 4.40. The van der Waals surface area contributed by atoms with Gasteiger partial charge in [0.2, 0.25) is 0 Å². The van der Waals surface area contributed by atoms with E-state index in [1.54, 1.807) is 0 Å². The number of rotatable bonds is 13. The highest BCUT2D eigenvalue weighted by Crippen LogP contribution is 2.42. The molecule has 0 bridgehead atoms. The first-order valence-corrected chi connectivity index (χ1v) is 11.7. The van der Waals surface area contributed by atoms with Crippen molar-refractivity contribution >= 4 is 0 Å². The molecule has 0 aromatic carbocycles. The van der Waals surface area contributed by atoms with Gasteiger partial charge in [0.25, 0.3) is 0 Å². The van der Waals surface area contributed by atoms with Gasteiger partial charge in [0.05, 0.1) is 25.4 Å². The maximum Gasteiger partial charge on any atom is 0.135 e. The highest BCUT2D eigenvalue weighted by Gasteiger charge is 2.56. The lowest BCUT2D eigenvalue weighted by Crippen LogP contribution is -2.52. The summed E-state index contributed by atoms with van der Waals surface area (Å²) in [5.74, 6) is 0. The minimum atomic E-state index is -0.398. The zero-order valence-electron chi connectivity index (χ0n) is 18.7. The van der Waals surface area contributed by atoms with Gasteiger partial charge in [-0.3, -0.25) is 0 Å². The standard InChI is InChI=1S/C24H43NO3/c1-5-9-11-15-20(13-7-3)22-25-23(21(14-8-4)16-12-10-6-2)28-19-24(25,17-26)18-27-22/h15-16,22-23,26H,5-14,17-19H2,1-4H3/b20-15+,21-16+. The average Bonchev–Trinajstić information content (AvgIpc) is 3.25. The van der Waals surface area contributed by atoms with Crippen LogP contribution in [0.4, 0.5) is 0 Å². The van der Waals surface area contributed by atoms with Gasteiger partial charge in [-0.05, 0) is 36.8 Å². The molecular weight excluding hydrogens is 350 g/mol. The minimum Gasteiger partial charge on any atom is -0.394 e. The molecule has 1 N–H and O–H groups in total. The van der Waals surface area contributed by atoms with E-state index in [0.717, 1.165) is 38.5 Å². The molecular formula is C24H43NO3. The third-order valence-corrected chi connectivity index (χ3v) is 6.01. The molecule has 0 amide bonds. The molecule has 28 heavy (non-hydrogen) atoms. The van der Waals surface area contributed by atoms with Crippen molar-refractivity contribution in [2.75, 3.05) is 19.8 Å². The number of hydrogen-bond acceptors (Lipinski definition) is 4. The Morgan fingerprint density at radius 3 is 1.68 bits per heavy atom. The van der Waals surface area contributed by atoms with Crippen molar-refractivity contribution in [1.82, 2.24) is 4.90 Å². The second-order valence-electron chi connectivity index (χ2n) is 8.46. The molecule has 2 saturated heterocycles. The highest BCUT2D eigenvalue weighted by atomic mass is 16.6. The molecule has 2 aliphatic rings. The number of aliphatic hydroxyl groups excluding tert-OH is 1. The Hall–Kier alpha value is -0.680. The molecule has 0 saturated carbocycles. The molecule has 0 aromatic heterocycles. The first-order valence-electron chi connectivity index (χ1n) is 11.7. The lowest BCUT2D eigenvalue weighted by atomic mass is 9.98. The largest absolute Gasteiger partial charge is 0.394 e. The quantitative estimate of drug-likeness (QED) is 0.328. The molecule has 0 aromatic rings. The van der Waals surface area contributed by atoms with Gasteiger partial charge in [-0.2, -0.15) is 0 Å². The monoisotopic (exact) mass is 393 g/mol. The van der Waals surface area contributed by atoms with E-state index in [-0.39, 0.29) is 19.1 Å². The van der Waals surface area contributed by atoms with Gasteiger partial charge in [-0.15, -0.1) is 0 Å². The summed E-state index contributed by atoms with van der Waals surface area (Å²) >= 11 is 0. The van der Waals surface area contributed by atoms with Crippen LogP contribution in [0.25, 0.3) is 0 Å². The van der Waals surface area contributed by atoms with Crippen LogP contribution in [0.15, 0.2) is 23.3 Å². The first-order chi connectivity index (χ1) is 13.7. The summed E-state index contributed by atoms with van der Waals surface area (Å²) in [5.41, 5.74) is 2.34. The molecule has 0 aliphatic carbocycles. The third-order valence-electron chi connectivity index (χ3n) is 6.01. The van der Waals surface area contributed by atoms with Crippen LogP contribution < -0.4 is 0 Å². The summed E-state index contributed by atoms with van der Waals surface area (Å²) in [6.45, 7) is 10.1. The molecule has 2 aliphatic heterocycles. The van der Waals surface area contributed by atoms with Crippen LogP contribution in [-0.2, 0) is 9.47 Å². The summed E-state index contributed by atoms with van der Waals surface area (Å²) in [5, 5.41) is 10.3. The van der Waals surface area contributed by atoms with Crippen molar-refractivity contribution in [3.63, 3.8) is 0 Å². The third kappa shape index (κ3) is 5.47. The fraction of sp³-hybridized carbons (Fsp3) is 0.833. The number of nitrogens with zero attached hydrogens (tertiary/aromatic N) is 1. The second kappa shape index (κ2) is 12.1. The van der Waals surface area contributed by atoms with Gasteiger partial charge >= 0.3 is 0 Å². The Kier molecular flexibility index (Phi) is 10.2. The summed E-state index contributed by atoms with van der Waals surface area (Å²) in [6, 6.07) is 0. The normalized spacial score (nSPS) is 28.9. The van der Waals surface area contributed by atoms with E-state index in [2.05, 4.69) is 44.7 Å². The lowest BCUT2D eigenvalue weighted by Gasteiger charge is -2.35. The molecule has 0 spiro atoms. The molecule has 4 heteroatoms. The molecule has 2 fully saturated rings. The van der Waals surface area contributed by atoms with Crippen LogP contribution >= 0.6 is 0 Å². The predicted octanol–water partition coefficient (Wildman–Crippen LogP) is 5.57. The summed E-state index contributed by atoms with van der Waals surface area (Å²) < 4.78 is 12.7. The van der Waals surface area contributed by atoms with Gasteiger partial charge in [0.1, 0.15) is 12.5 Å². The Balaban J connectivity index is 2.30. The maximum atomic E-state index is 10.3. The molecule has 2 unspecified atom stereocenters. The maximum absolute atomic E-state index is 10.3. The van der Waals surface area contributed by atoms with E-state index >= 15 is 0 Å². The fourth-order valence-corrected chi connectivity index (χ4v) is 4.40. The van der Waals surface area contributed by atoms with Crippen molar-refractivity contribution in [3.8, 4) is 0 Å². The van der Waals surface area contributed by atoms with E-state index in [1.165, 1.54) is 36.8 Å². The Morgan fingerprint density at radius 2 is 1.32 bits per heavy atom. The van der Waals surface area contributed by atoms with E-state index in [1.807, 2.05) is 0 Å². The average molecular weight is 394 g/mol. The summed E-state index contributed by atoms with van der Waals surface area (Å²) in [4.78, 5) is 2.37. The zero-order chi connectivity index (χ0) is 20.4. The minimum absolute atomic E-state index is 0.0668. The SMILES string of the molecule is CCCC/C=C(\CCC)C1OCC2(CO)COC(/C(=C/CCCC)CCC)N12. The van der Waals surface area contributed by atoms with E-state index in [9.17, 15) is 5.11 Å². The number of ether oxygens (including phenoxy) is 2. The zero-order valence-corrected chi connectivity index (χ0v) is 18.7. The van der Waals surface area contributed by atoms with Crippen molar-refractivity contribution in [3.05, 3.63) is 23.3 Å². The predicted molar refractivity (Wildman–Crippen MR) is 116 cm³/mol. The van der Waals surface area contributed by atoms with Crippen molar-refractivity contribution in [2.45, 2.75) is 110 Å². The lowest BCUT2D eigenvalue weighted by molar-refractivity contribution is -0.0264. The number of aliphatic hydroxyl groups is 1. The summed E-state index contributed by atoms with van der Waals surface area (Å²) in [6.07, 6.45) is 16.0. The van der Waals surface area contributed by atoms with E-state index in [0.29, 0.717) is 13.2 Å². The molecule has 2 rings (SSSR count). The molecule has 2 heterocycles. The Labute approximate surface area is 173 Å². The second-order valence-corrected chi connectivity index (χ2v) is 8.46. The first kappa shape index (κ1) is 23.6. The van der Waals surface area contributed by atoms with Crippen LogP contribution in [0, 0.1) is 0 Å². The highest BCUT2D eigenvalue weighted by molar-refractivity contribution is 5.21. The molecule has 2 atom stereocenters. The van der Waals surface area contributed by atoms with Crippen molar-refractivity contribution in [1.29, 1.82) is 0 Å². The van der Waals surface area contributed by atoms with E-state index < -0.39 is 5.54 Å². The number of unbranched alkanes of at least 4 members (excludes halogenated alkanes) is 4. The van der Waals surface area contributed by atoms with Crippen molar-refractivity contribution in [2.24, 2.45) is 0 Å². The Bertz CT molecular complexity index is 474. The smallest absolute Gasteiger partial charge is 0.135 e. The molecule has 162 valence electrons. The van der Waals surface area contributed by atoms with E-state index in [4.69, 9.17) is 9.47 Å². The topological polar surface area (TPSA) is 41.9 Å². The van der Waals surface area contributed by atoms with Crippen molar-refractivity contribution < 1.29 is 14.6 Å². The van der Waals surface area contributed by atoms with Gasteiger partial charge in [0.15, 0.2) is 0 Å². The van der Waals surface area contributed by atoms with Crippen LogP contribution in [0.2, 0.25) is 0 Å². The Morgan fingerprint density at radius 1 is 0.857 bits per heavy atom. The van der Waals surface area contributed by atoms with Gasteiger partial charge in [-0.1, -0.05) is 78.4 Å². The number of fused-ring (bicyclic) bond motifs is 1. The molecule has 4 nitrogen and oxygen atoms in total. The number of allylic oxidation sites excluding steroid dienone is 2. The van der Waals surface area contributed by atoms with Gasteiger partial charge < -0.3 is 14.6 Å². The van der Waals surface area contributed by atoms with Gasteiger partial charge in [-0.25, -0.2) is 4.90 Å². The number of hydrogen-bond donors (Lipinski definition) is 1. The van der Waals surface area contributed by atoms with Crippen LogP contribution in [0.3, 0.4) is 0 Å². The molecule has 0 radical (unpaired) electrons. The van der Waals surface area contributed by atoms with Crippen LogP contribution in [0.1, 0.15) is 91.9 Å². The van der Waals surface area contributed by atoms with Crippen LogP contribution in [0.5, 0.6) is 0 Å².